The number of carbonyl (C=O) groups excluding carboxylic acids is 1. The number of nitrogens with one attached hydrogen (secondary N) is 1. The SMILES string of the molecule is Cc1csc(C(=O)N[C@@H]2CC[C@@H]3OCCO[C@H]3C2)c1. The van der Waals surface area contributed by atoms with Crippen molar-refractivity contribution < 1.29 is 14.3 Å². The molecule has 0 radical (unpaired) electrons. The fourth-order valence-corrected chi connectivity index (χ4v) is 3.61. The molecule has 2 heterocycles. The van der Waals surface area contributed by atoms with Gasteiger partial charge in [0.05, 0.1) is 30.3 Å². The second-order valence-electron chi connectivity index (χ2n) is 5.29. The molecule has 0 spiro atoms. The Labute approximate surface area is 117 Å². The average Bonchev–Trinajstić information content (AvgIpc) is 2.85. The van der Waals surface area contributed by atoms with E-state index in [4.69, 9.17) is 9.47 Å². The molecule has 0 bridgehead atoms. The molecule has 19 heavy (non-hydrogen) atoms. The highest BCUT2D eigenvalue weighted by Gasteiger charge is 2.34. The van der Waals surface area contributed by atoms with E-state index in [-0.39, 0.29) is 24.2 Å². The standard InChI is InChI=1S/C14H19NO3S/c1-9-6-13(19-8-9)14(16)15-10-2-3-11-12(7-10)18-5-4-17-11/h6,8,10-12H,2-5,7H2,1H3,(H,15,16)/t10-,11+,12+/m1/s1. The molecule has 1 aromatic heterocycles. The van der Waals surface area contributed by atoms with E-state index < -0.39 is 0 Å². The summed E-state index contributed by atoms with van der Waals surface area (Å²) in [5.41, 5.74) is 1.14. The Balaban J connectivity index is 1.57. The molecule has 1 aromatic rings. The van der Waals surface area contributed by atoms with E-state index in [0.29, 0.717) is 13.2 Å². The minimum Gasteiger partial charge on any atom is -0.373 e. The van der Waals surface area contributed by atoms with E-state index in [9.17, 15) is 4.79 Å². The highest BCUT2D eigenvalue weighted by molar-refractivity contribution is 7.12. The predicted molar refractivity (Wildman–Crippen MR) is 73.6 cm³/mol. The Morgan fingerprint density at radius 1 is 1.32 bits per heavy atom. The lowest BCUT2D eigenvalue weighted by Gasteiger charge is -2.39. The number of carbonyl (C=O) groups is 1. The van der Waals surface area contributed by atoms with Crippen molar-refractivity contribution >= 4 is 17.2 Å². The minimum absolute atomic E-state index is 0.0401. The maximum Gasteiger partial charge on any atom is 0.261 e. The van der Waals surface area contributed by atoms with Gasteiger partial charge in [-0.25, -0.2) is 0 Å². The fraction of sp³-hybridized carbons (Fsp3) is 0.643. The second kappa shape index (κ2) is 5.61. The van der Waals surface area contributed by atoms with E-state index in [1.165, 1.54) is 11.3 Å². The summed E-state index contributed by atoms with van der Waals surface area (Å²) in [6, 6.07) is 2.14. The van der Waals surface area contributed by atoms with Crippen LogP contribution in [-0.4, -0.2) is 37.4 Å². The molecule has 3 rings (SSSR count). The Kier molecular flexibility index (Phi) is 3.86. The molecule has 1 aliphatic carbocycles. The van der Waals surface area contributed by atoms with E-state index in [0.717, 1.165) is 29.7 Å². The number of hydrogen-bond acceptors (Lipinski definition) is 4. The van der Waals surface area contributed by atoms with Crippen molar-refractivity contribution in [2.24, 2.45) is 0 Å². The molecule has 2 aliphatic rings. The summed E-state index contributed by atoms with van der Waals surface area (Å²) in [7, 11) is 0. The topological polar surface area (TPSA) is 47.6 Å². The maximum atomic E-state index is 12.1. The minimum atomic E-state index is 0.0401. The van der Waals surface area contributed by atoms with Crippen molar-refractivity contribution in [3.8, 4) is 0 Å². The van der Waals surface area contributed by atoms with Gasteiger partial charge in [-0.1, -0.05) is 0 Å². The maximum absolute atomic E-state index is 12.1. The van der Waals surface area contributed by atoms with Crippen LogP contribution < -0.4 is 5.32 Å². The predicted octanol–water partition coefficient (Wildman–Crippen LogP) is 2.12. The smallest absolute Gasteiger partial charge is 0.261 e. The molecule has 5 heteroatoms. The van der Waals surface area contributed by atoms with Crippen molar-refractivity contribution in [3.05, 3.63) is 21.9 Å². The van der Waals surface area contributed by atoms with Crippen molar-refractivity contribution in [1.82, 2.24) is 5.32 Å². The van der Waals surface area contributed by atoms with Gasteiger partial charge in [-0.05, 0) is 43.2 Å². The largest absolute Gasteiger partial charge is 0.373 e. The third-order valence-electron chi connectivity index (χ3n) is 3.77. The van der Waals surface area contributed by atoms with Gasteiger partial charge in [0.25, 0.3) is 5.91 Å². The molecule has 3 atom stereocenters. The number of fused-ring (bicyclic) bond motifs is 1. The summed E-state index contributed by atoms with van der Waals surface area (Å²) >= 11 is 1.50. The highest BCUT2D eigenvalue weighted by atomic mass is 32.1. The Morgan fingerprint density at radius 2 is 2.11 bits per heavy atom. The molecule has 1 aliphatic heterocycles. The molecule has 0 unspecified atom stereocenters. The Hall–Kier alpha value is -0.910. The molecule has 1 N–H and O–H groups in total. The molecule has 2 fully saturated rings. The summed E-state index contributed by atoms with van der Waals surface area (Å²) in [6.45, 7) is 3.38. The van der Waals surface area contributed by atoms with E-state index in [2.05, 4.69) is 5.32 Å². The number of ether oxygens (including phenoxy) is 2. The van der Waals surface area contributed by atoms with Crippen molar-refractivity contribution in [1.29, 1.82) is 0 Å². The van der Waals surface area contributed by atoms with Gasteiger partial charge in [-0.3, -0.25) is 4.79 Å². The fourth-order valence-electron chi connectivity index (χ4n) is 2.80. The second-order valence-corrected chi connectivity index (χ2v) is 6.20. The van der Waals surface area contributed by atoms with Gasteiger partial charge in [0.1, 0.15) is 0 Å². The Bertz CT molecular complexity index is 459. The Morgan fingerprint density at radius 3 is 2.84 bits per heavy atom. The first-order chi connectivity index (χ1) is 9.22. The molecule has 1 amide bonds. The van der Waals surface area contributed by atoms with E-state index >= 15 is 0 Å². The molecule has 104 valence electrons. The zero-order valence-corrected chi connectivity index (χ0v) is 11.9. The van der Waals surface area contributed by atoms with Crippen LogP contribution in [0, 0.1) is 6.92 Å². The van der Waals surface area contributed by atoms with Crippen LogP contribution in [0.3, 0.4) is 0 Å². The molecule has 0 aromatic carbocycles. The summed E-state index contributed by atoms with van der Waals surface area (Å²) in [4.78, 5) is 12.9. The van der Waals surface area contributed by atoms with Crippen LogP contribution in [0.5, 0.6) is 0 Å². The monoisotopic (exact) mass is 281 g/mol. The summed E-state index contributed by atoms with van der Waals surface area (Å²) < 4.78 is 11.4. The third kappa shape index (κ3) is 2.99. The summed E-state index contributed by atoms with van der Waals surface area (Å²) in [5.74, 6) is 0.0401. The number of rotatable bonds is 2. The summed E-state index contributed by atoms with van der Waals surface area (Å²) in [5, 5.41) is 5.12. The number of aryl methyl sites for hydroxylation is 1. The van der Waals surface area contributed by atoms with Crippen LogP contribution in [0.2, 0.25) is 0 Å². The van der Waals surface area contributed by atoms with E-state index in [1.807, 2.05) is 18.4 Å². The number of hydrogen-bond donors (Lipinski definition) is 1. The quantitative estimate of drug-likeness (QED) is 0.903. The van der Waals surface area contributed by atoms with E-state index in [1.54, 1.807) is 0 Å². The van der Waals surface area contributed by atoms with Crippen LogP contribution in [0.15, 0.2) is 11.4 Å². The van der Waals surface area contributed by atoms with Gasteiger partial charge in [-0.15, -0.1) is 11.3 Å². The molecule has 1 saturated heterocycles. The zero-order valence-electron chi connectivity index (χ0n) is 11.1. The zero-order chi connectivity index (χ0) is 13.2. The molecule has 4 nitrogen and oxygen atoms in total. The first-order valence-corrected chi connectivity index (χ1v) is 7.69. The van der Waals surface area contributed by atoms with Crippen LogP contribution >= 0.6 is 11.3 Å². The van der Waals surface area contributed by atoms with Crippen LogP contribution in [-0.2, 0) is 9.47 Å². The van der Waals surface area contributed by atoms with Crippen molar-refractivity contribution in [2.45, 2.75) is 44.4 Å². The lowest BCUT2D eigenvalue weighted by molar-refractivity contribution is -0.157. The van der Waals surface area contributed by atoms with Crippen molar-refractivity contribution in [2.75, 3.05) is 13.2 Å². The number of amides is 1. The van der Waals surface area contributed by atoms with Crippen LogP contribution in [0.4, 0.5) is 0 Å². The highest BCUT2D eigenvalue weighted by Crippen LogP contribution is 2.27. The molecule has 1 saturated carbocycles. The van der Waals surface area contributed by atoms with Gasteiger partial charge < -0.3 is 14.8 Å². The van der Waals surface area contributed by atoms with Gasteiger partial charge >= 0.3 is 0 Å². The first-order valence-electron chi connectivity index (χ1n) is 6.81. The van der Waals surface area contributed by atoms with Gasteiger partial charge in [-0.2, -0.15) is 0 Å². The normalized spacial score (nSPS) is 30.7. The molecular formula is C14H19NO3S. The average molecular weight is 281 g/mol. The van der Waals surface area contributed by atoms with Gasteiger partial charge in [0.2, 0.25) is 0 Å². The lowest BCUT2D eigenvalue weighted by Crippen LogP contribution is -2.49. The third-order valence-corrected chi connectivity index (χ3v) is 4.81. The number of thiophene rings is 1. The summed E-state index contributed by atoms with van der Waals surface area (Å²) in [6.07, 6.45) is 3.18. The lowest BCUT2D eigenvalue weighted by atomic mass is 9.89. The van der Waals surface area contributed by atoms with Gasteiger partial charge in [0, 0.05) is 6.04 Å². The first kappa shape index (κ1) is 13.1. The van der Waals surface area contributed by atoms with Crippen LogP contribution in [0.1, 0.15) is 34.5 Å². The van der Waals surface area contributed by atoms with Crippen molar-refractivity contribution in [3.63, 3.8) is 0 Å². The van der Waals surface area contributed by atoms with Gasteiger partial charge in [0.15, 0.2) is 0 Å². The molecular weight excluding hydrogens is 262 g/mol. The van der Waals surface area contributed by atoms with Crippen LogP contribution in [0.25, 0.3) is 0 Å².